The lowest BCUT2D eigenvalue weighted by atomic mass is 10.00. The van der Waals surface area contributed by atoms with E-state index in [9.17, 15) is 8.42 Å². The maximum atomic E-state index is 11.9. The molecule has 1 heterocycles. The van der Waals surface area contributed by atoms with Gasteiger partial charge < -0.3 is 10.6 Å². The Labute approximate surface area is 115 Å². The number of anilines is 2. The molecule has 1 aromatic carbocycles. The summed E-state index contributed by atoms with van der Waals surface area (Å²) in [5.74, 6) is 0.756. The Hall–Kier alpha value is -1.23. The molecule has 0 bridgehead atoms. The van der Waals surface area contributed by atoms with E-state index in [1.807, 2.05) is 6.07 Å². The molecular formula is C14H22N2O2S. The molecule has 1 aliphatic heterocycles. The normalized spacial score (nSPS) is 20.5. The average molecular weight is 282 g/mol. The number of nitrogens with zero attached hydrogens (tertiary/aromatic N) is 1. The standard InChI is InChI=1S/C14H22N2O2S/c1-3-19(17,18)14-7-6-12(9-13(14)15)16-8-4-5-11(2)10-16/h6-7,9,11H,3-5,8,10,15H2,1-2H3/t11-/m1/s1. The van der Waals surface area contributed by atoms with Crippen LogP contribution in [0.5, 0.6) is 0 Å². The molecule has 19 heavy (non-hydrogen) atoms. The third-order valence-corrected chi connectivity index (χ3v) is 5.53. The van der Waals surface area contributed by atoms with Crippen molar-refractivity contribution in [3.05, 3.63) is 18.2 Å². The van der Waals surface area contributed by atoms with Crippen LogP contribution in [0, 0.1) is 5.92 Å². The topological polar surface area (TPSA) is 63.4 Å². The van der Waals surface area contributed by atoms with E-state index in [0.717, 1.165) is 18.8 Å². The van der Waals surface area contributed by atoms with Gasteiger partial charge in [0.2, 0.25) is 0 Å². The van der Waals surface area contributed by atoms with Crippen LogP contribution >= 0.6 is 0 Å². The minimum absolute atomic E-state index is 0.0806. The molecule has 106 valence electrons. The maximum Gasteiger partial charge on any atom is 0.180 e. The van der Waals surface area contributed by atoms with Crippen molar-refractivity contribution < 1.29 is 8.42 Å². The van der Waals surface area contributed by atoms with Crippen LogP contribution in [-0.4, -0.2) is 27.3 Å². The highest BCUT2D eigenvalue weighted by molar-refractivity contribution is 7.91. The molecule has 2 rings (SSSR count). The van der Waals surface area contributed by atoms with E-state index in [4.69, 9.17) is 5.73 Å². The SMILES string of the molecule is CCS(=O)(=O)c1ccc(N2CCC[C@@H](C)C2)cc1N. The van der Waals surface area contributed by atoms with Gasteiger partial charge in [0.1, 0.15) is 0 Å². The average Bonchev–Trinajstić information content (AvgIpc) is 2.38. The molecule has 0 spiro atoms. The van der Waals surface area contributed by atoms with Crippen LogP contribution in [0.3, 0.4) is 0 Å². The first-order chi connectivity index (χ1) is 8.94. The summed E-state index contributed by atoms with van der Waals surface area (Å²) in [5, 5.41) is 0. The number of hydrogen-bond donors (Lipinski definition) is 1. The minimum atomic E-state index is -3.23. The van der Waals surface area contributed by atoms with E-state index < -0.39 is 9.84 Å². The molecule has 1 aliphatic rings. The van der Waals surface area contributed by atoms with Crippen molar-refractivity contribution in [2.45, 2.75) is 31.6 Å². The first-order valence-corrected chi connectivity index (χ1v) is 8.46. The Balaban J connectivity index is 2.29. The van der Waals surface area contributed by atoms with E-state index in [2.05, 4.69) is 11.8 Å². The monoisotopic (exact) mass is 282 g/mol. The number of hydrogen-bond acceptors (Lipinski definition) is 4. The van der Waals surface area contributed by atoms with Crippen molar-refractivity contribution in [1.29, 1.82) is 0 Å². The zero-order valence-electron chi connectivity index (χ0n) is 11.6. The lowest BCUT2D eigenvalue weighted by molar-refractivity contribution is 0.447. The summed E-state index contributed by atoms with van der Waals surface area (Å²) in [4.78, 5) is 2.54. The molecule has 5 heteroatoms. The number of rotatable bonds is 3. The van der Waals surface area contributed by atoms with Gasteiger partial charge in [0.15, 0.2) is 9.84 Å². The Kier molecular flexibility index (Phi) is 4.04. The summed E-state index contributed by atoms with van der Waals surface area (Å²) >= 11 is 0. The highest BCUT2D eigenvalue weighted by atomic mass is 32.2. The van der Waals surface area contributed by atoms with Crippen LogP contribution in [0.25, 0.3) is 0 Å². The molecule has 0 amide bonds. The number of nitrogens with two attached hydrogens (primary N) is 1. The summed E-state index contributed by atoms with van der Waals surface area (Å²) in [6.45, 7) is 5.91. The summed E-state index contributed by atoms with van der Waals surface area (Å²) in [5.41, 5.74) is 7.30. The van der Waals surface area contributed by atoms with Gasteiger partial charge in [-0.25, -0.2) is 8.42 Å². The summed E-state index contributed by atoms with van der Waals surface area (Å²) in [7, 11) is -3.23. The van der Waals surface area contributed by atoms with Gasteiger partial charge >= 0.3 is 0 Å². The molecule has 0 aromatic heterocycles. The van der Waals surface area contributed by atoms with Crippen molar-refractivity contribution in [3.8, 4) is 0 Å². The molecule has 1 atom stereocenters. The molecule has 0 saturated carbocycles. The first-order valence-electron chi connectivity index (χ1n) is 6.81. The van der Waals surface area contributed by atoms with Gasteiger partial charge in [-0.3, -0.25) is 0 Å². The molecule has 0 radical (unpaired) electrons. The predicted molar refractivity (Wildman–Crippen MR) is 79.2 cm³/mol. The Bertz CT molecular complexity index is 555. The van der Waals surface area contributed by atoms with Gasteiger partial charge in [0.05, 0.1) is 16.3 Å². The molecule has 0 aliphatic carbocycles. The van der Waals surface area contributed by atoms with Gasteiger partial charge in [-0.2, -0.15) is 0 Å². The Morgan fingerprint density at radius 1 is 1.42 bits per heavy atom. The molecular weight excluding hydrogens is 260 g/mol. The second-order valence-electron chi connectivity index (χ2n) is 5.32. The maximum absolute atomic E-state index is 11.9. The van der Waals surface area contributed by atoms with Crippen LogP contribution in [0.4, 0.5) is 11.4 Å². The summed E-state index contributed by atoms with van der Waals surface area (Å²) < 4.78 is 23.7. The van der Waals surface area contributed by atoms with E-state index in [-0.39, 0.29) is 10.6 Å². The third kappa shape index (κ3) is 3.03. The van der Waals surface area contributed by atoms with Crippen LogP contribution in [-0.2, 0) is 9.84 Å². The second-order valence-corrected chi connectivity index (χ2v) is 7.57. The zero-order valence-corrected chi connectivity index (χ0v) is 12.4. The highest BCUT2D eigenvalue weighted by Gasteiger charge is 2.19. The smallest absolute Gasteiger partial charge is 0.180 e. The second kappa shape index (κ2) is 5.41. The van der Waals surface area contributed by atoms with E-state index in [1.165, 1.54) is 12.8 Å². The number of benzene rings is 1. The van der Waals surface area contributed by atoms with Gasteiger partial charge in [0.25, 0.3) is 0 Å². The van der Waals surface area contributed by atoms with Crippen molar-refractivity contribution in [2.75, 3.05) is 29.5 Å². The quantitative estimate of drug-likeness (QED) is 0.864. The number of nitrogen functional groups attached to an aromatic ring is 1. The highest BCUT2D eigenvalue weighted by Crippen LogP contribution is 2.28. The fraction of sp³-hybridized carbons (Fsp3) is 0.571. The third-order valence-electron chi connectivity index (χ3n) is 3.73. The summed E-state index contributed by atoms with van der Waals surface area (Å²) in [6, 6.07) is 5.31. The molecule has 4 nitrogen and oxygen atoms in total. The van der Waals surface area contributed by atoms with Crippen LogP contribution < -0.4 is 10.6 Å². The van der Waals surface area contributed by atoms with Gasteiger partial charge in [0, 0.05) is 18.8 Å². The Morgan fingerprint density at radius 2 is 2.16 bits per heavy atom. The fourth-order valence-electron chi connectivity index (χ4n) is 2.60. The van der Waals surface area contributed by atoms with Crippen LogP contribution in [0.1, 0.15) is 26.7 Å². The van der Waals surface area contributed by atoms with Crippen LogP contribution in [0.15, 0.2) is 23.1 Å². The molecule has 1 saturated heterocycles. The van der Waals surface area contributed by atoms with Crippen molar-refractivity contribution >= 4 is 21.2 Å². The van der Waals surface area contributed by atoms with Gasteiger partial charge in [-0.1, -0.05) is 13.8 Å². The molecule has 0 unspecified atom stereocenters. The Morgan fingerprint density at radius 3 is 2.74 bits per heavy atom. The van der Waals surface area contributed by atoms with Gasteiger partial charge in [-0.05, 0) is 37.0 Å². The largest absolute Gasteiger partial charge is 0.398 e. The minimum Gasteiger partial charge on any atom is -0.398 e. The van der Waals surface area contributed by atoms with Gasteiger partial charge in [-0.15, -0.1) is 0 Å². The van der Waals surface area contributed by atoms with E-state index >= 15 is 0 Å². The van der Waals surface area contributed by atoms with Crippen LogP contribution in [0.2, 0.25) is 0 Å². The van der Waals surface area contributed by atoms with E-state index in [0.29, 0.717) is 11.6 Å². The number of sulfone groups is 1. The van der Waals surface area contributed by atoms with Crippen molar-refractivity contribution in [1.82, 2.24) is 0 Å². The molecule has 1 fully saturated rings. The number of piperidine rings is 1. The lowest BCUT2D eigenvalue weighted by Gasteiger charge is -2.33. The van der Waals surface area contributed by atoms with E-state index in [1.54, 1.807) is 19.1 Å². The van der Waals surface area contributed by atoms with Crippen molar-refractivity contribution in [3.63, 3.8) is 0 Å². The zero-order chi connectivity index (χ0) is 14.0. The predicted octanol–water partition coefficient (Wildman–Crippen LogP) is 2.30. The molecule has 2 N–H and O–H groups in total. The lowest BCUT2D eigenvalue weighted by Crippen LogP contribution is -2.34. The molecule has 1 aromatic rings. The first kappa shape index (κ1) is 14.2. The summed E-state index contributed by atoms with van der Waals surface area (Å²) in [6.07, 6.45) is 2.43. The van der Waals surface area contributed by atoms with Crippen molar-refractivity contribution in [2.24, 2.45) is 5.92 Å². The fourth-order valence-corrected chi connectivity index (χ4v) is 3.60.